The SMILES string of the molecule is O=C([O-])c1cnc(C(=O)[O-])cn1.[K+].[K+]. The van der Waals surface area contributed by atoms with E-state index >= 15 is 0 Å². The molecular weight excluding hydrogens is 242 g/mol. The van der Waals surface area contributed by atoms with Crippen LogP contribution in [0.25, 0.3) is 0 Å². The van der Waals surface area contributed by atoms with Gasteiger partial charge in [0, 0.05) is 0 Å². The van der Waals surface area contributed by atoms with Crippen molar-refractivity contribution in [2.75, 3.05) is 0 Å². The molecule has 62 valence electrons. The fraction of sp³-hybridized carbons (Fsp3) is 0. The van der Waals surface area contributed by atoms with Gasteiger partial charge < -0.3 is 19.8 Å². The number of carboxylic acid groups (broad SMARTS) is 2. The largest absolute Gasteiger partial charge is 1.00 e. The predicted octanol–water partition coefficient (Wildman–Crippen LogP) is -8.79. The Bertz CT molecular complexity index is 294. The fourth-order valence-electron chi connectivity index (χ4n) is 0.539. The van der Waals surface area contributed by atoms with Gasteiger partial charge in [-0.3, -0.25) is 9.97 Å². The van der Waals surface area contributed by atoms with Gasteiger partial charge in [0.05, 0.1) is 24.3 Å². The molecule has 0 aromatic carbocycles. The molecule has 0 amide bonds. The maximum atomic E-state index is 10.1. The fourth-order valence-corrected chi connectivity index (χ4v) is 0.539. The van der Waals surface area contributed by atoms with Gasteiger partial charge in [-0.2, -0.15) is 0 Å². The first-order valence-corrected chi connectivity index (χ1v) is 2.86. The Morgan fingerprint density at radius 2 is 1.21 bits per heavy atom. The average Bonchev–Trinajstić information content (AvgIpc) is 2.04. The molecule has 0 N–H and O–H groups in total. The molecule has 0 bridgehead atoms. The molecule has 1 rings (SSSR count). The summed E-state index contributed by atoms with van der Waals surface area (Å²) in [6.07, 6.45) is 1.58. The monoisotopic (exact) mass is 244 g/mol. The summed E-state index contributed by atoms with van der Waals surface area (Å²) >= 11 is 0. The van der Waals surface area contributed by atoms with Crippen LogP contribution in [0.5, 0.6) is 0 Å². The summed E-state index contributed by atoms with van der Waals surface area (Å²) in [5, 5.41) is 20.2. The van der Waals surface area contributed by atoms with Gasteiger partial charge in [0.15, 0.2) is 0 Å². The van der Waals surface area contributed by atoms with Crippen molar-refractivity contribution in [2.24, 2.45) is 0 Å². The Morgan fingerprint density at radius 3 is 1.36 bits per heavy atom. The minimum absolute atomic E-state index is 0. The van der Waals surface area contributed by atoms with Crippen LogP contribution in [0.15, 0.2) is 12.4 Å². The molecule has 6 nitrogen and oxygen atoms in total. The Kier molecular flexibility index (Phi) is 10.7. The van der Waals surface area contributed by atoms with E-state index in [1.165, 1.54) is 0 Å². The Morgan fingerprint density at radius 1 is 0.929 bits per heavy atom. The van der Waals surface area contributed by atoms with E-state index in [1.807, 2.05) is 0 Å². The van der Waals surface area contributed by atoms with E-state index in [-0.39, 0.29) is 103 Å². The van der Waals surface area contributed by atoms with Crippen LogP contribution in [0.4, 0.5) is 0 Å². The zero-order chi connectivity index (χ0) is 9.14. The molecule has 0 atom stereocenters. The molecule has 0 saturated carbocycles. The second kappa shape index (κ2) is 8.45. The summed E-state index contributed by atoms with van der Waals surface area (Å²) in [5.41, 5.74) is -0.833. The Hall–Kier alpha value is 1.29. The van der Waals surface area contributed by atoms with Crippen LogP contribution >= 0.6 is 0 Å². The molecular formula is C6H2K2N2O4. The zero-order valence-electron chi connectivity index (χ0n) is 7.68. The van der Waals surface area contributed by atoms with Crippen molar-refractivity contribution in [3.63, 3.8) is 0 Å². The molecule has 0 fully saturated rings. The van der Waals surface area contributed by atoms with Crippen LogP contribution in [-0.2, 0) is 0 Å². The molecule has 0 aliphatic rings. The molecule has 0 radical (unpaired) electrons. The van der Waals surface area contributed by atoms with Crippen molar-refractivity contribution >= 4 is 11.9 Å². The number of aromatic carboxylic acids is 2. The molecule has 0 unspecified atom stereocenters. The van der Waals surface area contributed by atoms with Crippen molar-refractivity contribution in [3.05, 3.63) is 23.8 Å². The van der Waals surface area contributed by atoms with Gasteiger partial charge in [0.1, 0.15) is 11.4 Å². The Balaban J connectivity index is 0. The third kappa shape index (κ3) is 5.40. The number of nitrogens with zero attached hydrogens (tertiary/aromatic N) is 2. The van der Waals surface area contributed by atoms with E-state index in [9.17, 15) is 19.8 Å². The molecule has 1 heterocycles. The van der Waals surface area contributed by atoms with Crippen molar-refractivity contribution in [3.8, 4) is 0 Å². The van der Waals surface area contributed by atoms with Crippen LogP contribution in [0.1, 0.15) is 21.0 Å². The molecule has 1 aromatic heterocycles. The number of hydrogen-bond donors (Lipinski definition) is 0. The van der Waals surface area contributed by atoms with Crippen molar-refractivity contribution in [2.45, 2.75) is 0 Å². The van der Waals surface area contributed by atoms with E-state index < -0.39 is 23.3 Å². The number of hydrogen-bond acceptors (Lipinski definition) is 6. The van der Waals surface area contributed by atoms with E-state index in [2.05, 4.69) is 9.97 Å². The van der Waals surface area contributed by atoms with E-state index in [1.54, 1.807) is 0 Å². The first kappa shape index (κ1) is 17.7. The van der Waals surface area contributed by atoms with Crippen LogP contribution in [0, 0.1) is 0 Å². The molecule has 0 aliphatic heterocycles. The van der Waals surface area contributed by atoms with Crippen molar-refractivity contribution in [1.29, 1.82) is 0 Å². The Labute approximate surface area is 164 Å². The second-order valence-corrected chi connectivity index (χ2v) is 1.86. The summed E-state index contributed by atoms with van der Waals surface area (Å²) < 4.78 is 0. The van der Waals surface area contributed by atoms with Crippen LogP contribution in [0.2, 0.25) is 0 Å². The van der Waals surface area contributed by atoms with Gasteiger partial charge in [0.2, 0.25) is 0 Å². The maximum Gasteiger partial charge on any atom is 1.00 e. The summed E-state index contributed by atoms with van der Waals surface area (Å²) in [7, 11) is 0. The summed E-state index contributed by atoms with van der Waals surface area (Å²) in [5.74, 6) is -3.01. The third-order valence-corrected chi connectivity index (χ3v) is 1.07. The normalized spacial score (nSPS) is 8.00. The quantitative estimate of drug-likeness (QED) is 0.478. The van der Waals surface area contributed by atoms with Crippen LogP contribution < -0.4 is 113 Å². The minimum Gasteiger partial charge on any atom is -0.543 e. The summed E-state index contributed by atoms with van der Waals surface area (Å²) in [6.45, 7) is 0. The van der Waals surface area contributed by atoms with Gasteiger partial charge in [-0.15, -0.1) is 0 Å². The van der Waals surface area contributed by atoms with E-state index in [0.717, 1.165) is 12.4 Å². The third-order valence-electron chi connectivity index (χ3n) is 1.07. The van der Waals surface area contributed by atoms with Gasteiger partial charge >= 0.3 is 103 Å². The predicted molar refractivity (Wildman–Crippen MR) is 30.7 cm³/mol. The standard InChI is InChI=1S/C6H4N2O4.2K/c9-5(10)3-1-7-4(2-8-3)6(11)12;;/h1-2H,(H,9,10)(H,11,12);;/q;2*+1/p-2. The van der Waals surface area contributed by atoms with E-state index in [0.29, 0.717) is 0 Å². The number of rotatable bonds is 2. The number of aromatic nitrogens is 2. The topological polar surface area (TPSA) is 106 Å². The molecule has 1 aromatic rings. The molecule has 8 heteroatoms. The van der Waals surface area contributed by atoms with Crippen LogP contribution in [-0.4, -0.2) is 21.9 Å². The number of carbonyl (C=O) groups is 2. The van der Waals surface area contributed by atoms with Gasteiger partial charge in [-0.1, -0.05) is 0 Å². The number of carbonyl (C=O) groups excluding carboxylic acids is 2. The first-order chi connectivity index (χ1) is 5.61. The summed E-state index contributed by atoms with van der Waals surface area (Å²) in [6, 6.07) is 0. The first-order valence-electron chi connectivity index (χ1n) is 2.86. The van der Waals surface area contributed by atoms with Gasteiger partial charge in [0.25, 0.3) is 0 Å². The summed E-state index contributed by atoms with van der Waals surface area (Å²) in [4.78, 5) is 26.7. The smallest absolute Gasteiger partial charge is 0.543 e. The minimum atomic E-state index is -1.51. The number of carboxylic acids is 2. The average molecular weight is 244 g/mol. The van der Waals surface area contributed by atoms with Gasteiger partial charge in [-0.05, 0) is 0 Å². The molecule has 0 saturated heterocycles. The molecule has 0 spiro atoms. The van der Waals surface area contributed by atoms with Crippen molar-refractivity contribution < 1.29 is 123 Å². The van der Waals surface area contributed by atoms with Crippen molar-refractivity contribution in [1.82, 2.24) is 9.97 Å². The molecule has 14 heavy (non-hydrogen) atoms. The van der Waals surface area contributed by atoms with Crippen LogP contribution in [0.3, 0.4) is 0 Å². The van der Waals surface area contributed by atoms with Gasteiger partial charge in [-0.25, -0.2) is 0 Å². The molecule has 0 aliphatic carbocycles. The zero-order valence-corrected chi connectivity index (χ0v) is 13.9. The maximum absolute atomic E-state index is 10.1. The second-order valence-electron chi connectivity index (χ2n) is 1.86. The van der Waals surface area contributed by atoms with E-state index in [4.69, 9.17) is 0 Å².